The second kappa shape index (κ2) is 8.33. The number of carbonyl (C=O) groups is 2. The van der Waals surface area contributed by atoms with Crippen molar-refractivity contribution < 1.29 is 9.59 Å². The van der Waals surface area contributed by atoms with Crippen LogP contribution in [0.15, 0.2) is 36.4 Å². The van der Waals surface area contributed by atoms with Crippen molar-refractivity contribution in [2.24, 2.45) is 34.5 Å². The molecule has 3 saturated carbocycles. The molecule has 1 aromatic rings. The summed E-state index contributed by atoms with van der Waals surface area (Å²) in [4.78, 5) is 24.6. The molecule has 0 saturated heterocycles. The summed E-state index contributed by atoms with van der Waals surface area (Å²) in [5.74, 6) is 2.54. The van der Waals surface area contributed by atoms with Gasteiger partial charge < -0.3 is 16.0 Å². The van der Waals surface area contributed by atoms with E-state index in [0.29, 0.717) is 34.4 Å². The van der Waals surface area contributed by atoms with Gasteiger partial charge in [-0.1, -0.05) is 37.6 Å². The van der Waals surface area contributed by atoms with Gasteiger partial charge in [-0.05, 0) is 98.8 Å². The molecule has 5 rings (SSSR count). The number of benzene rings is 1. The van der Waals surface area contributed by atoms with Crippen molar-refractivity contribution in [3.8, 4) is 0 Å². The molecule has 1 heterocycles. The molecule has 178 valence electrons. The molecule has 1 aliphatic heterocycles. The zero-order chi connectivity index (χ0) is 23.4. The number of fused-ring (bicyclic) bond motifs is 5. The Morgan fingerprint density at radius 2 is 1.97 bits per heavy atom. The molecule has 8 atom stereocenters. The van der Waals surface area contributed by atoms with E-state index >= 15 is 0 Å². The molecule has 3 amide bonds. The van der Waals surface area contributed by atoms with Crippen LogP contribution in [0.5, 0.6) is 0 Å². The second-order valence-electron chi connectivity index (χ2n) is 11.3. The minimum atomic E-state index is -0.165. The Balaban J connectivity index is 1.28. The molecule has 3 aliphatic carbocycles. The highest BCUT2D eigenvalue weighted by Crippen LogP contribution is 2.65. The number of anilines is 1. The summed E-state index contributed by atoms with van der Waals surface area (Å²) in [5.41, 5.74) is 1.02. The van der Waals surface area contributed by atoms with E-state index in [0.717, 1.165) is 12.8 Å². The normalized spacial score (nSPS) is 40.1. The first-order chi connectivity index (χ1) is 15.7. The Kier molecular flexibility index (Phi) is 5.75. The zero-order valence-corrected chi connectivity index (χ0v) is 20.6. The van der Waals surface area contributed by atoms with E-state index in [2.05, 4.69) is 42.8 Å². The molecule has 0 spiro atoms. The summed E-state index contributed by atoms with van der Waals surface area (Å²) < 4.78 is 0. The molecule has 6 heteroatoms. The maximum absolute atomic E-state index is 12.7. The van der Waals surface area contributed by atoms with Crippen molar-refractivity contribution >= 4 is 29.2 Å². The van der Waals surface area contributed by atoms with Gasteiger partial charge in [-0.3, -0.25) is 4.79 Å². The number of halogens is 1. The van der Waals surface area contributed by atoms with Crippen molar-refractivity contribution in [2.75, 3.05) is 5.32 Å². The van der Waals surface area contributed by atoms with Crippen LogP contribution in [0.2, 0.25) is 5.02 Å². The van der Waals surface area contributed by atoms with Crippen molar-refractivity contribution in [2.45, 2.75) is 71.4 Å². The van der Waals surface area contributed by atoms with Gasteiger partial charge in [0.05, 0.1) is 0 Å². The molecule has 33 heavy (non-hydrogen) atoms. The minimum absolute atomic E-state index is 0.0634. The van der Waals surface area contributed by atoms with Gasteiger partial charge in [0.25, 0.3) is 0 Å². The lowest BCUT2D eigenvalue weighted by molar-refractivity contribution is -0.122. The van der Waals surface area contributed by atoms with Crippen molar-refractivity contribution in [1.82, 2.24) is 10.6 Å². The van der Waals surface area contributed by atoms with Gasteiger partial charge in [0.1, 0.15) is 0 Å². The zero-order valence-electron chi connectivity index (χ0n) is 19.9. The second-order valence-corrected chi connectivity index (χ2v) is 11.8. The number of hydrogen-bond acceptors (Lipinski definition) is 2. The predicted molar refractivity (Wildman–Crippen MR) is 132 cm³/mol. The quantitative estimate of drug-likeness (QED) is 0.526. The lowest BCUT2D eigenvalue weighted by atomic mass is 9.47. The Labute approximate surface area is 202 Å². The maximum Gasteiger partial charge on any atom is 0.319 e. The summed E-state index contributed by atoms with van der Waals surface area (Å²) in [6.45, 7) is 7.01. The van der Waals surface area contributed by atoms with Crippen LogP contribution in [0.25, 0.3) is 0 Å². The summed E-state index contributed by atoms with van der Waals surface area (Å²) in [7, 11) is 0. The van der Waals surface area contributed by atoms with Crippen LogP contribution in [-0.4, -0.2) is 24.0 Å². The third kappa shape index (κ3) is 3.86. The van der Waals surface area contributed by atoms with Crippen molar-refractivity contribution in [3.05, 3.63) is 41.4 Å². The topological polar surface area (TPSA) is 70.2 Å². The number of carbonyl (C=O) groups excluding carboxylic acids is 2. The average Bonchev–Trinajstić information content (AvgIpc) is 3.11. The molecule has 0 bridgehead atoms. The first-order valence-corrected chi connectivity index (χ1v) is 12.9. The van der Waals surface area contributed by atoms with E-state index in [-0.39, 0.29) is 34.9 Å². The minimum Gasteiger partial charge on any atom is -0.349 e. The highest BCUT2D eigenvalue weighted by atomic mass is 35.5. The summed E-state index contributed by atoms with van der Waals surface area (Å²) >= 11 is 6.05. The highest BCUT2D eigenvalue weighted by Gasteiger charge is 2.60. The standard InChI is InChI=1S/C27H36ClN3O2/c1-16(29-25(33)30-18-6-4-5-17(28)15-18)20-8-9-21-19-7-10-23-27(3,14-12-24(32)31-23)22(19)11-13-26(20,21)2/h4-6,12,14-16,19-23H,7-11,13H2,1-3H3,(H,31,32)(H2,29,30,33)/t16?,19-,20+,21-,22-,23+,26+,27+/m0/s1. The van der Waals surface area contributed by atoms with Crippen LogP contribution < -0.4 is 16.0 Å². The molecule has 3 fully saturated rings. The summed E-state index contributed by atoms with van der Waals surface area (Å²) in [5, 5.41) is 10.0. The SMILES string of the molecule is CC(NC(=O)Nc1cccc(Cl)c1)[C@H]1CC[C@H]2[C@@H]3CC[C@H]4NC(=O)C=C[C@]4(C)[C@H]3CC[C@]12C. The Morgan fingerprint density at radius 1 is 1.15 bits per heavy atom. The summed E-state index contributed by atoms with van der Waals surface area (Å²) in [6, 6.07) is 7.47. The molecule has 3 N–H and O–H groups in total. The van der Waals surface area contributed by atoms with Crippen LogP contribution in [-0.2, 0) is 4.79 Å². The van der Waals surface area contributed by atoms with Crippen LogP contribution in [0.3, 0.4) is 0 Å². The summed E-state index contributed by atoms with van der Waals surface area (Å²) in [6.07, 6.45) is 11.0. The largest absolute Gasteiger partial charge is 0.349 e. The molecule has 4 aliphatic rings. The third-order valence-electron chi connectivity index (χ3n) is 9.80. The van der Waals surface area contributed by atoms with Gasteiger partial charge in [-0.2, -0.15) is 0 Å². The van der Waals surface area contributed by atoms with Crippen molar-refractivity contribution in [1.29, 1.82) is 0 Å². The molecular weight excluding hydrogens is 434 g/mol. The number of amides is 3. The van der Waals surface area contributed by atoms with Crippen LogP contribution in [0, 0.1) is 34.5 Å². The van der Waals surface area contributed by atoms with E-state index in [1.54, 1.807) is 18.2 Å². The first kappa shape index (κ1) is 22.8. The molecular formula is C27H36ClN3O2. The molecule has 0 radical (unpaired) electrons. The highest BCUT2D eigenvalue weighted by molar-refractivity contribution is 6.30. The van der Waals surface area contributed by atoms with Gasteiger partial charge >= 0.3 is 6.03 Å². The average molecular weight is 470 g/mol. The van der Waals surface area contributed by atoms with Gasteiger partial charge in [0.15, 0.2) is 0 Å². The van der Waals surface area contributed by atoms with E-state index in [1.807, 2.05) is 12.1 Å². The van der Waals surface area contributed by atoms with Crippen molar-refractivity contribution in [3.63, 3.8) is 0 Å². The predicted octanol–water partition coefficient (Wildman–Crippen LogP) is 5.76. The Morgan fingerprint density at radius 3 is 2.76 bits per heavy atom. The van der Waals surface area contributed by atoms with Crippen LogP contribution in [0.4, 0.5) is 10.5 Å². The lowest BCUT2D eigenvalue weighted by Gasteiger charge is -2.59. The van der Waals surface area contributed by atoms with Gasteiger partial charge in [0.2, 0.25) is 5.91 Å². The fourth-order valence-electron chi connectivity index (χ4n) is 8.24. The maximum atomic E-state index is 12.7. The van der Waals surface area contributed by atoms with E-state index in [9.17, 15) is 9.59 Å². The van der Waals surface area contributed by atoms with Crippen LogP contribution in [0.1, 0.15) is 59.3 Å². The molecule has 1 unspecified atom stereocenters. The van der Waals surface area contributed by atoms with E-state index in [1.165, 1.54) is 25.7 Å². The molecule has 0 aromatic heterocycles. The number of urea groups is 1. The number of rotatable bonds is 3. The molecule has 5 nitrogen and oxygen atoms in total. The van der Waals surface area contributed by atoms with Gasteiger partial charge in [-0.25, -0.2) is 4.79 Å². The molecule has 1 aromatic carbocycles. The smallest absolute Gasteiger partial charge is 0.319 e. The van der Waals surface area contributed by atoms with E-state index in [4.69, 9.17) is 11.6 Å². The van der Waals surface area contributed by atoms with E-state index < -0.39 is 0 Å². The fourth-order valence-corrected chi connectivity index (χ4v) is 8.43. The lowest BCUT2D eigenvalue weighted by Crippen LogP contribution is -2.59. The first-order valence-electron chi connectivity index (χ1n) is 12.5. The number of nitrogens with one attached hydrogen (secondary N) is 3. The van der Waals surface area contributed by atoms with Gasteiger partial charge in [0, 0.05) is 28.2 Å². The number of hydrogen-bond donors (Lipinski definition) is 3. The fraction of sp³-hybridized carbons (Fsp3) is 0.630. The van der Waals surface area contributed by atoms with Crippen LogP contribution >= 0.6 is 11.6 Å². The van der Waals surface area contributed by atoms with Gasteiger partial charge in [-0.15, -0.1) is 0 Å². The Hall–Kier alpha value is -2.01. The Bertz CT molecular complexity index is 980. The monoisotopic (exact) mass is 469 g/mol. The third-order valence-corrected chi connectivity index (χ3v) is 10.0.